The third-order valence-corrected chi connectivity index (χ3v) is 4.21. The lowest BCUT2D eigenvalue weighted by atomic mass is 10.2. The Labute approximate surface area is 140 Å². The zero-order valence-electron chi connectivity index (χ0n) is 12.8. The average Bonchev–Trinajstić information content (AvgIpc) is 2.92. The molecule has 0 fully saturated rings. The Morgan fingerprint density at radius 1 is 1.17 bits per heavy atom. The highest BCUT2D eigenvalue weighted by atomic mass is 32.1. The topological polar surface area (TPSA) is 37.8 Å². The van der Waals surface area contributed by atoms with Crippen LogP contribution in [-0.2, 0) is 6.18 Å². The van der Waals surface area contributed by atoms with Gasteiger partial charge in [-0.15, -0.1) is 11.3 Å². The lowest BCUT2D eigenvalue weighted by Crippen LogP contribution is -2.13. The van der Waals surface area contributed by atoms with Gasteiger partial charge in [0.25, 0.3) is 0 Å². The van der Waals surface area contributed by atoms with Gasteiger partial charge in [-0.2, -0.15) is 13.2 Å². The summed E-state index contributed by atoms with van der Waals surface area (Å²) in [4.78, 5) is 8.51. The Balaban J connectivity index is 1.84. The molecule has 0 amide bonds. The van der Waals surface area contributed by atoms with Crippen molar-refractivity contribution in [1.82, 2.24) is 9.97 Å². The summed E-state index contributed by atoms with van der Waals surface area (Å²) in [5.74, 6) is -0.916. The highest BCUT2D eigenvalue weighted by molar-refractivity contribution is 7.18. The monoisotopic (exact) mass is 349 g/mol. The van der Waals surface area contributed by atoms with Crippen LogP contribution < -0.4 is 5.32 Å². The molecule has 0 aliphatic heterocycles. The lowest BCUT2D eigenvalue weighted by molar-refractivity contribution is -0.144. The van der Waals surface area contributed by atoms with Gasteiger partial charge in [0.2, 0.25) is 5.82 Å². The molecule has 0 saturated carbocycles. The summed E-state index contributed by atoms with van der Waals surface area (Å²) in [5, 5.41) is 3.56. The minimum atomic E-state index is -4.57. The standard InChI is InChI=1S/C17H14F3N3S/c1-11-10-13-14(21-9-5-8-12-6-3-2-4-7-12)22-16(17(18,19)20)23-15(13)24-11/h2-8,10H,9H2,1H3,(H,21,22,23)/b8-5+. The number of nitrogens with zero attached hydrogens (tertiary/aromatic N) is 2. The quantitative estimate of drug-likeness (QED) is 0.708. The molecule has 0 saturated heterocycles. The number of fused-ring (bicyclic) bond motifs is 1. The number of aryl methyl sites for hydroxylation is 1. The fraction of sp³-hybridized carbons (Fsp3) is 0.176. The second-order valence-corrected chi connectivity index (χ2v) is 6.40. The fourth-order valence-corrected chi connectivity index (χ4v) is 3.10. The van der Waals surface area contributed by atoms with Crippen LogP contribution in [0.1, 0.15) is 16.3 Å². The first-order chi connectivity index (χ1) is 11.4. The maximum Gasteiger partial charge on any atom is 0.451 e. The van der Waals surface area contributed by atoms with Gasteiger partial charge in [0, 0.05) is 11.4 Å². The van der Waals surface area contributed by atoms with E-state index >= 15 is 0 Å². The van der Waals surface area contributed by atoms with Crippen molar-refractivity contribution in [3.63, 3.8) is 0 Å². The SMILES string of the molecule is Cc1cc2c(NC/C=C/c3ccccc3)nc(C(F)(F)F)nc2s1. The second kappa shape index (κ2) is 6.60. The molecule has 2 aromatic heterocycles. The van der Waals surface area contributed by atoms with Crippen molar-refractivity contribution in [2.45, 2.75) is 13.1 Å². The number of nitrogens with one attached hydrogen (secondary N) is 1. The molecular weight excluding hydrogens is 335 g/mol. The number of benzene rings is 1. The van der Waals surface area contributed by atoms with E-state index in [1.165, 1.54) is 11.3 Å². The van der Waals surface area contributed by atoms with Crippen molar-refractivity contribution in [2.75, 3.05) is 11.9 Å². The molecule has 0 bridgehead atoms. The molecule has 0 aliphatic rings. The van der Waals surface area contributed by atoms with E-state index < -0.39 is 12.0 Å². The predicted octanol–water partition coefficient (Wildman–Crippen LogP) is 5.14. The molecule has 1 N–H and O–H groups in total. The van der Waals surface area contributed by atoms with Gasteiger partial charge in [-0.1, -0.05) is 42.5 Å². The molecule has 0 radical (unpaired) electrons. The van der Waals surface area contributed by atoms with E-state index in [0.717, 1.165) is 10.4 Å². The summed E-state index contributed by atoms with van der Waals surface area (Å²) in [7, 11) is 0. The summed E-state index contributed by atoms with van der Waals surface area (Å²) in [6.07, 6.45) is -0.826. The van der Waals surface area contributed by atoms with Gasteiger partial charge in [-0.3, -0.25) is 0 Å². The van der Waals surface area contributed by atoms with Gasteiger partial charge in [0.1, 0.15) is 10.6 Å². The zero-order valence-corrected chi connectivity index (χ0v) is 13.6. The van der Waals surface area contributed by atoms with E-state index in [4.69, 9.17) is 0 Å². The van der Waals surface area contributed by atoms with Crippen molar-refractivity contribution in [3.8, 4) is 0 Å². The Kier molecular flexibility index (Phi) is 4.53. The van der Waals surface area contributed by atoms with Crippen molar-refractivity contribution in [3.05, 3.63) is 58.7 Å². The first-order valence-corrected chi connectivity index (χ1v) is 8.06. The van der Waals surface area contributed by atoms with Gasteiger partial charge in [-0.05, 0) is 18.6 Å². The Morgan fingerprint density at radius 2 is 1.92 bits per heavy atom. The van der Waals surface area contributed by atoms with Crippen molar-refractivity contribution < 1.29 is 13.2 Å². The number of hydrogen-bond donors (Lipinski definition) is 1. The third-order valence-electron chi connectivity index (χ3n) is 3.27. The van der Waals surface area contributed by atoms with E-state index in [0.29, 0.717) is 16.8 Å². The number of aromatic nitrogens is 2. The van der Waals surface area contributed by atoms with E-state index in [9.17, 15) is 13.2 Å². The van der Waals surface area contributed by atoms with Gasteiger partial charge in [0.05, 0.1) is 5.39 Å². The molecule has 3 aromatic rings. The Hall–Kier alpha value is -2.41. The van der Waals surface area contributed by atoms with Gasteiger partial charge >= 0.3 is 6.18 Å². The molecule has 2 heterocycles. The molecule has 0 atom stereocenters. The minimum absolute atomic E-state index is 0.203. The summed E-state index contributed by atoms with van der Waals surface area (Å²) < 4.78 is 38.9. The first-order valence-electron chi connectivity index (χ1n) is 7.24. The van der Waals surface area contributed by atoms with Crippen LogP contribution in [0.5, 0.6) is 0 Å². The van der Waals surface area contributed by atoms with Crippen LogP contribution >= 0.6 is 11.3 Å². The number of thiophene rings is 1. The van der Waals surface area contributed by atoms with Crippen LogP contribution in [0.25, 0.3) is 16.3 Å². The molecule has 3 nitrogen and oxygen atoms in total. The second-order valence-electron chi connectivity index (χ2n) is 5.16. The minimum Gasteiger partial charge on any atom is -0.366 e. The van der Waals surface area contributed by atoms with Crippen LogP contribution in [0.15, 0.2) is 42.5 Å². The lowest BCUT2D eigenvalue weighted by Gasteiger charge is -2.09. The molecular formula is C17H14F3N3S. The van der Waals surface area contributed by atoms with Crippen LogP contribution in [0, 0.1) is 6.92 Å². The van der Waals surface area contributed by atoms with Crippen LogP contribution in [0.3, 0.4) is 0 Å². The number of rotatable bonds is 4. The number of alkyl halides is 3. The summed E-state index contributed by atoms with van der Waals surface area (Å²) in [5.41, 5.74) is 1.02. The summed E-state index contributed by atoms with van der Waals surface area (Å²) >= 11 is 1.22. The maximum atomic E-state index is 13.0. The molecule has 0 unspecified atom stereocenters. The van der Waals surface area contributed by atoms with E-state index in [-0.39, 0.29) is 5.82 Å². The van der Waals surface area contributed by atoms with E-state index in [2.05, 4.69) is 15.3 Å². The van der Waals surface area contributed by atoms with Gasteiger partial charge in [-0.25, -0.2) is 9.97 Å². The van der Waals surface area contributed by atoms with Gasteiger partial charge < -0.3 is 5.32 Å². The highest BCUT2D eigenvalue weighted by Gasteiger charge is 2.35. The van der Waals surface area contributed by atoms with Gasteiger partial charge in [0.15, 0.2) is 0 Å². The first kappa shape index (κ1) is 16.4. The fourth-order valence-electron chi connectivity index (χ4n) is 2.22. The van der Waals surface area contributed by atoms with Crippen molar-refractivity contribution >= 4 is 33.4 Å². The molecule has 7 heteroatoms. The predicted molar refractivity (Wildman–Crippen MR) is 91.1 cm³/mol. The molecule has 124 valence electrons. The van der Waals surface area contributed by atoms with Crippen molar-refractivity contribution in [1.29, 1.82) is 0 Å². The summed E-state index contributed by atoms with van der Waals surface area (Å²) in [6.45, 7) is 2.20. The summed E-state index contributed by atoms with van der Waals surface area (Å²) in [6, 6.07) is 11.5. The van der Waals surface area contributed by atoms with Crippen molar-refractivity contribution in [2.24, 2.45) is 0 Å². The van der Waals surface area contributed by atoms with E-state index in [1.807, 2.05) is 49.4 Å². The average molecular weight is 349 g/mol. The zero-order chi connectivity index (χ0) is 17.2. The smallest absolute Gasteiger partial charge is 0.366 e. The maximum absolute atomic E-state index is 13.0. The largest absolute Gasteiger partial charge is 0.451 e. The molecule has 24 heavy (non-hydrogen) atoms. The number of hydrogen-bond acceptors (Lipinski definition) is 4. The Morgan fingerprint density at radius 3 is 2.62 bits per heavy atom. The van der Waals surface area contributed by atoms with Crippen LogP contribution in [0.2, 0.25) is 0 Å². The van der Waals surface area contributed by atoms with Crippen LogP contribution in [-0.4, -0.2) is 16.5 Å². The Bertz CT molecular complexity index is 870. The molecule has 3 rings (SSSR count). The molecule has 1 aromatic carbocycles. The third kappa shape index (κ3) is 3.73. The highest BCUT2D eigenvalue weighted by Crippen LogP contribution is 2.33. The number of halogens is 3. The molecule has 0 aliphatic carbocycles. The van der Waals surface area contributed by atoms with E-state index in [1.54, 1.807) is 6.07 Å². The van der Waals surface area contributed by atoms with Crippen LogP contribution in [0.4, 0.5) is 19.0 Å². The molecule has 0 spiro atoms. The normalized spacial score (nSPS) is 12.2. The number of anilines is 1.